The van der Waals surface area contributed by atoms with Crippen LogP contribution in [0, 0.1) is 11.8 Å². The van der Waals surface area contributed by atoms with Crippen molar-refractivity contribution in [2.24, 2.45) is 5.73 Å². The van der Waals surface area contributed by atoms with Crippen molar-refractivity contribution in [3.63, 3.8) is 0 Å². The standard InChI is InChI=1S/C18H15FN6O.ClH/c19-9-16(10-20)12-25-18(26)24(13-23-25)17-8-14(5-7-22-17)3-4-15-2-1-6-21-11-15;/h1-2,5-9,11,13H,10,12,20H2;1H/b16-9+;. The Hall–Kier alpha value is -3.28. The minimum atomic E-state index is -0.442. The van der Waals surface area contributed by atoms with Gasteiger partial charge in [0, 0.05) is 36.3 Å². The number of halogens is 2. The minimum Gasteiger partial charge on any atom is -0.327 e. The lowest BCUT2D eigenvalue weighted by Crippen LogP contribution is -2.26. The highest BCUT2D eigenvalue weighted by Crippen LogP contribution is 2.05. The Morgan fingerprint density at radius 3 is 2.78 bits per heavy atom. The fourth-order valence-electron chi connectivity index (χ4n) is 2.15. The van der Waals surface area contributed by atoms with Gasteiger partial charge in [-0.05, 0) is 29.8 Å². The first-order valence-electron chi connectivity index (χ1n) is 7.72. The molecule has 0 fully saturated rings. The molecule has 0 aliphatic carbocycles. The topological polar surface area (TPSA) is 91.6 Å². The molecule has 0 amide bonds. The molecule has 0 aliphatic heterocycles. The van der Waals surface area contributed by atoms with E-state index in [1.807, 2.05) is 6.07 Å². The summed E-state index contributed by atoms with van der Waals surface area (Å²) in [7, 11) is 0. The second-order valence-electron chi connectivity index (χ2n) is 5.31. The van der Waals surface area contributed by atoms with Crippen LogP contribution in [0.25, 0.3) is 5.82 Å². The van der Waals surface area contributed by atoms with Crippen molar-refractivity contribution in [2.75, 3.05) is 6.54 Å². The zero-order valence-electron chi connectivity index (χ0n) is 14.1. The van der Waals surface area contributed by atoms with Gasteiger partial charge in [-0.25, -0.2) is 23.4 Å². The Labute approximate surface area is 160 Å². The molecule has 3 heterocycles. The predicted molar refractivity (Wildman–Crippen MR) is 101 cm³/mol. The number of nitrogens with zero attached hydrogens (tertiary/aromatic N) is 5. The quantitative estimate of drug-likeness (QED) is 0.685. The van der Waals surface area contributed by atoms with Gasteiger partial charge in [-0.15, -0.1) is 12.4 Å². The summed E-state index contributed by atoms with van der Waals surface area (Å²) in [5, 5.41) is 3.97. The Balaban J connectivity index is 0.00000261. The van der Waals surface area contributed by atoms with Gasteiger partial charge in [0.25, 0.3) is 0 Å². The number of rotatable bonds is 4. The average Bonchev–Trinajstić information content (AvgIpc) is 3.05. The van der Waals surface area contributed by atoms with Crippen LogP contribution in [0.3, 0.4) is 0 Å². The summed E-state index contributed by atoms with van der Waals surface area (Å²) in [6, 6.07) is 7.06. The van der Waals surface area contributed by atoms with Crippen molar-refractivity contribution >= 4 is 12.4 Å². The van der Waals surface area contributed by atoms with Gasteiger partial charge in [0.1, 0.15) is 12.1 Å². The van der Waals surface area contributed by atoms with E-state index < -0.39 is 5.69 Å². The van der Waals surface area contributed by atoms with Gasteiger partial charge in [0.2, 0.25) is 0 Å². The second kappa shape index (κ2) is 9.43. The number of aromatic nitrogens is 5. The summed E-state index contributed by atoms with van der Waals surface area (Å²) in [6.07, 6.45) is 6.61. The van der Waals surface area contributed by atoms with Crippen molar-refractivity contribution in [2.45, 2.75) is 6.54 Å². The number of nitrogens with two attached hydrogens (primary N) is 1. The monoisotopic (exact) mass is 386 g/mol. The number of hydrogen-bond acceptors (Lipinski definition) is 5. The van der Waals surface area contributed by atoms with Gasteiger partial charge < -0.3 is 5.73 Å². The number of hydrogen-bond donors (Lipinski definition) is 1. The van der Waals surface area contributed by atoms with Crippen molar-refractivity contribution in [1.29, 1.82) is 0 Å². The van der Waals surface area contributed by atoms with Crippen molar-refractivity contribution in [1.82, 2.24) is 24.3 Å². The van der Waals surface area contributed by atoms with Gasteiger partial charge in [0.15, 0.2) is 0 Å². The Bertz CT molecular complexity index is 1050. The van der Waals surface area contributed by atoms with Gasteiger partial charge in [-0.1, -0.05) is 11.8 Å². The van der Waals surface area contributed by atoms with Gasteiger partial charge in [-0.2, -0.15) is 5.10 Å². The normalized spacial score (nSPS) is 10.7. The third kappa shape index (κ3) is 4.88. The van der Waals surface area contributed by atoms with Crippen LogP contribution >= 0.6 is 12.4 Å². The van der Waals surface area contributed by atoms with Crippen LogP contribution in [0.5, 0.6) is 0 Å². The molecular formula is C18H16ClFN6O. The molecule has 7 nitrogen and oxygen atoms in total. The molecule has 0 aliphatic rings. The lowest BCUT2D eigenvalue weighted by molar-refractivity contribution is 0.612. The lowest BCUT2D eigenvalue weighted by atomic mass is 10.2. The molecule has 27 heavy (non-hydrogen) atoms. The van der Waals surface area contributed by atoms with E-state index in [2.05, 4.69) is 26.9 Å². The highest BCUT2D eigenvalue weighted by Gasteiger charge is 2.09. The first-order valence-corrected chi connectivity index (χ1v) is 7.72. The van der Waals surface area contributed by atoms with Crippen LogP contribution in [-0.2, 0) is 6.54 Å². The van der Waals surface area contributed by atoms with E-state index in [4.69, 9.17) is 5.73 Å². The molecular weight excluding hydrogens is 371 g/mol. The van der Waals surface area contributed by atoms with Crippen LogP contribution in [-0.4, -0.2) is 30.9 Å². The molecule has 0 unspecified atom stereocenters. The largest absolute Gasteiger partial charge is 0.351 e. The highest BCUT2D eigenvalue weighted by molar-refractivity contribution is 5.85. The molecule has 3 aromatic heterocycles. The zero-order valence-corrected chi connectivity index (χ0v) is 14.9. The Morgan fingerprint density at radius 2 is 2.07 bits per heavy atom. The van der Waals surface area contributed by atoms with E-state index in [1.54, 1.807) is 36.8 Å². The summed E-state index contributed by atoms with van der Waals surface area (Å²) in [6.45, 7) is -0.00714. The van der Waals surface area contributed by atoms with E-state index in [9.17, 15) is 9.18 Å². The van der Waals surface area contributed by atoms with E-state index in [-0.39, 0.29) is 31.1 Å². The summed E-state index contributed by atoms with van der Waals surface area (Å²) in [5.74, 6) is 6.36. The molecule has 138 valence electrons. The van der Waals surface area contributed by atoms with Crippen LogP contribution in [0.1, 0.15) is 11.1 Å². The highest BCUT2D eigenvalue weighted by atomic mass is 35.5. The van der Waals surface area contributed by atoms with E-state index >= 15 is 0 Å². The molecule has 0 spiro atoms. The van der Waals surface area contributed by atoms with Crippen LogP contribution in [0.15, 0.2) is 65.9 Å². The lowest BCUT2D eigenvalue weighted by Gasteiger charge is -2.02. The molecule has 3 rings (SSSR count). The minimum absolute atomic E-state index is 0. The van der Waals surface area contributed by atoms with Crippen molar-refractivity contribution in [3.05, 3.63) is 82.7 Å². The van der Waals surface area contributed by atoms with E-state index in [1.165, 1.54) is 10.9 Å². The fraction of sp³-hybridized carbons (Fsp3) is 0.111. The second-order valence-corrected chi connectivity index (χ2v) is 5.31. The van der Waals surface area contributed by atoms with Crippen LogP contribution in [0.4, 0.5) is 4.39 Å². The summed E-state index contributed by atoms with van der Waals surface area (Å²) in [4.78, 5) is 20.6. The third-order valence-corrected chi connectivity index (χ3v) is 3.51. The van der Waals surface area contributed by atoms with E-state index in [0.29, 0.717) is 17.7 Å². The zero-order chi connectivity index (χ0) is 18.4. The van der Waals surface area contributed by atoms with E-state index in [0.717, 1.165) is 10.2 Å². The van der Waals surface area contributed by atoms with Crippen LogP contribution < -0.4 is 11.4 Å². The Morgan fingerprint density at radius 1 is 1.26 bits per heavy atom. The van der Waals surface area contributed by atoms with Crippen molar-refractivity contribution < 1.29 is 4.39 Å². The molecule has 0 saturated carbocycles. The summed E-state index contributed by atoms with van der Waals surface area (Å²) < 4.78 is 15.0. The maximum atomic E-state index is 12.7. The third-order valence-electron chi connectivity index (χ3n) is 3.51. The smallest absolute Gasteiger partial charge is 0.327 e. The van der Waals surface area contributed by atoms with Gasteiger partial charge in [-0.3, -0.25) is 4.98 Å². The van der Waals surface area contributed by atoms with Crippen molar-refractivity contribution in [3.8, 4) is 17.7 Å². The molecule has 0 radical (unpaired) electrons. The summed E-state index contributed by atoms with van der Waals surface area (Å²) >= 11 is 0. The molecule has 0 atom stereocenters. The molecule has 0 aromatic carbocycles. The van der Waals surface area contributed by atoms with Crippen LogP contribution in [0.2, 0.25) is 0 Å². The molecule has 0 saturated heterocycles. The molecule has 2 N–H and O–H groups in total. The molecule has 0 bridgehead atoms. The predicted octanol–water partition coefficient (Wildman–Crippen LogP) is 1.46. The Kier molecular flexibility index (Phi) is 7.00. The SMILES string of the molecule is Cl.NC/C(=C\F)Cn1ncn(-c2cc(C#Cc3cccnc3)ccn2)c1=O. The maximum absolute atomic E-state index is 12.7. The van der Waals surface area contributed by atoms with Gasteiger partial charge >= 0.3 is 5.69 Å². The summed E-state index contributed by atoms with van der Waals surface area (Å²) in [5.41, 5.74) is 6.70. The number of pyridine rings is 2. The van der Waals surface area contributed by atoms with Gasteiger partial charge in [0.05, 0.1) is 12.9 Å². The molecule has 3 aromatic rings. The average molecular weight is 387 g/mol. The first-order chi connectivity index (χ1) is 12.7. The first kappa shape index (κ1) is 20.0. The maximum Gasteiger partial charge on any atom is 0.351 e. The fourth-order valence-corrected chi connectivity index (χ4v) is 2.15. The molecule has 9 heteroatoms.